The number of hydrogen-bond donors (Lipinski definition) is 1. The third-order valence-electron chi connectivity index (χ3n) is 12.6. The van der Waals surface area contributed by atoms with E-state index < -0.39 is 17.5 Å². The van der Waals surface area contributed by atoms with Crippen LogP contribution in [0.2, 0.25) is 0 Å². The molecule has 0 unspecified atom stereocenters. The fourth-order valence-electron chi connectivity index (χ4n) is 9.23. The molecule has 1 aliphatic rings. The Labute approximate surface area is 471 Å². The molecule has 2 heterocycles. The van der Waals surface area contributed by atoms with E-state index in [-0.39, 0.29) is 48.7 Å². The van der Waals surface area contributed by atoms with Crippen molar-refractivity contribution in [3.05, 3.63) is 132 Å². The Morgan fingerprint density at radius 1 is 0.662 bits per heavy atom. The molecule has 1 N–H and O–H groups in total. The summed E-state index contributed by atoms with van der Waals surface area (Å²) in [6.07, 6.45) is 1.28. The van der Waals surface area contributed by atoms with Gasteiger partial charge in [0.1, 0.15) is 30.4 Å². The van der Waals surface area contributed by atoms with Crippen LogP contribution in [0.3, 0.4) is 0 Å². The number of halogens is 1. The van der Waals surface area contributed by atoms with Crippen molar-refractivity contribution in [2.75, 3.05) is 91.2 Å². The third-order valence-corrected chi connectivity index (χ3v) is 12.6. The number of ether oxygens (including phenoxy) is 11. The molecule has 6 rings (SSSR count). The monoisotopic (exact) mass is 1110 g/mol. The Kier molecular flexibility index (Phi) is 26.1. The Hall–Kier alpha value is -6.02. The van der Waals surface area contributed by atoms with E-state index >= 15 is 0 Å². The topological polar surface area (TPSA) is 170 Å². The zero-order chi connectivity index (χ0) is 57.2. The molecular formula is C63H83FN2O14. The molecule has 1 aromatic heterocycles. The average Bonchev–Trinajstić information content (AvgIpc) is 3.78. The highest BCUT2D eigenvalue weighted by atomic mass is 19.1. The van der Waals surface area contributed by atoms with Gasteiger partial charge in [-0.3, -0.25) is 14.4 Å². The molecule has 436 valence electrons. The fourth-order valence-corrected chi connectivity index (χ4v) is 9.23. The Morgan fingerprint density at radius 3 is 1.75 bits per heavy atom. The summed E-state index contributed by atoms with van der Waals surface area (Å²) in [4.78, 5) is 39.6. The first kappa shape index (κ1) is 63.2. The quantitative estimate of drug-likeness (QED) is 0.0300. The van der Waals surface area contributed by atoms with Crippen LogP contribution in [0, 0.1) is 5.82 Å². The van der Waals surface area contributed by atoms with Crippen molar-refractivity contribution in [2.45, 2.75) is 123 Å². The minimum atomic E-state index is -0.957. The number of anilines is 1. The number of carbonyl (C=O) groups excluding carboxylic acids is 3. The first-order valence-electron chi connectivity index (χ1n) is 27.9. The van der Waals surface area contributed by atoms with Gasteiger partial charge >= 0.3 is 11.9 Å². The molecule has 0 radical (unpaired) electrons. The lowest BCUT2D eigenvalue weighted by molar-refractivity contribution is -0.301. The lowest BCUT2D eigenvalue weighted by Crippen LogP contribution is -2.46. The summed E-state index contributed by atoms with van der Waals surface area (Å²) in [6, 6.07) is 32.9. The van der Waals surface area contributed by atoms with Crippen LogP contribution in [0.1, 0.15) is 108 Å². The first-order valence-corrected chi connectivity index (χ1v) is 27.9. The zero-order valence-electron chi connectivity index (χ0n) is 47.8. The predicted molar refractivity (Wildman–Crippen MR) is 303 cm³/mol. The average molecular weight is 1110 g/mol. The van der Waals surface area contributed by atoms with Crippen LogP contribution < -0.4 is 10.1 Å². The van der Waals surface area contributed by atoms with Crippen LogP contribution in [0.5, 0.6) is 5.75 Å². The standard InChI is InChI=1S/C63H83FN2O14/c1-46(2)59-58(61(69)65-51-17-12-9-13-18-51)57(60(49-20-24-50(64)25-21-49)66(59)29-28-53-43-54(79-63(6,7)78-53)44-56(68)80-62(3,4)5)48-22-26-52(27-23-48)76-42-41-75-40-39-74-38-37-73-36-35-72-34-33-71-32-31-70-30-14-19-55(67)77-45-47-15-10-8-11-16-47/h8-13,15-18,20-27,46,53-54H,14,19,28-45H2,1-7H3,(H,65,69)/t53-,54-/m1/s1. The van der Waals surface area contributed by atoms with Crippen molar-refractivity contribution in [3.8, 4) is 28.1 Å². The molecule has 1 aliphatic heterocycles. The highest BCUT2D eigenvalue weighted by molar-refractivity contribution is 6.12. The lowest BCUT2D eigenvalue weighted by Gasteiger charge is -2.41. The molecule has 2 atom stereocenters. The minimum Gasteiger partial charge on any atom is -0.491 e. The number of hydrogen-bond acceptors (Lipinski definition) is 14. The summed E-state index contributed by atoms with van der Waals surface area (Å²) in [5.74, 6) is -1.68. The van der Waals surface area contributed by atoms with Gasteiger partial charge in [0, 0.05) is 42.9 Å². The molecular weight excluding hydrogens is 1030 g/mol. The van der Waals surface area contributed by atoms with Gasteiger partial charge in [-0.05, 0) is 119 Å². The summed E-state index contributed by atoms with van der Waals surface area (Å²) in [5.41, 5.74) is 5.27. The van der Waals surface area contributed by atoms with Gasteiger partial charge in [-0.25, -0.2) is 4.39 Å². The predicted octanol–water partition coefficient (Wildman–Crippen LogP) is 11.4. The maximum atomic E-state index is 14.8. The third kappa shape index (κ3) is 22.1. The number of aromatic nitrogens is 1. The number of nitrogens with zero attached hydrogens (tertiary/aromatic N) is 1. The van der Waals surface area contributed by atoms with E-state index in [0.717, 1.165) is 28.1 Å². The molecule has 1 amide bonds. The van der Waals surface area contributed by atoms with Crippen molar-refractivity contribution in [3.63, 3.8) is 0 Å². The fraction of sp³-hybridized carbons (Fsp3) is 0.508. The normalized spacial score (nSPS) is 15.2. The number of esters is 2. The van der Waals surface area contributed by atoms with Gasteiger partial charge in [0.2, 0.25) is 0 Å². The summed E-state index contributed by atoms with van der Waals surface area (Å²) in [6.45, 7) is 19.5. The van der Waals surface area contributed by atoms with Crippen LogP contribution in [-0.2, 0) is 70.1 Å². The smallest absolute Gasteiger partial charge is 0.308 e. The number of carbonyl (C=O) groups is 3. The summed E-state index contributed by atoms with van der Waals surface area (Å²) < 4.78 is 80.2. The van der Waals surface area contributed by atoms with Gasteiger partial charge in [0.25, 0.3) is 5.91 Å². The molecule has 0 saturated carbocycles. The van der Waals surface area contributed by atoms with E-state index in [1.54, 1.807) is 12.1 Å². The van der Waals surface area contributed by atoms with Crippen molar-refractivity contribution in [1.82, 2.24) is 4.57 Å². The molecule has 0 spiro atoms. The van der Waals surface area contributed by atoms with Crippen LogP contribution in [0.4, 0.5) is 10.1 Å². The van der Waals surface area contributed by atoms with E-state index in [4.69, 9.17) is 52.1 Å². The molecule has 0 aliphatic carbocycles. The Morgan fingerprint density at radius 2 is 1.19 bits per heavy atom. The number of para-hydroxylation sites is 1. The highest BCUT2D eigenvalue weighted by Crippen LogP contribution is 2.44. The van der Waals surface area contributed by atoms with Crippen LogP contribution in [0.25, 0.3) is 22.4 Å². The van der Waals surface area contributed by atoms with Crippen LogP contribution in [-0.4, -0.2) is 132 Å². The summed E-state index contributed by atoms with van der Waals surface area (Å²) >= 11 is 0. The second-order valence-corrected chi connectivity index (χ2v) is 21.1. The zero-order valence-corrected chi connectivity index (χ0v) is 47.8. The highest BCUT2D eigenvalue weighted by Gasteiger charge is 2.38. The molecule has 0 bridgehead atoms. The second-order valence-electron chi connectivity index (χ2n) is 21.1. The molecule has 16 nitrogen and oxygen atoms in total. The second kappa shape index (κ2) is 33.0. The SMILES string of the molecule is CC(C)c1c(C(=O)Nc2ccccc2)c(-c2ccc(OCCOCCOCCOCCOCCOCCOCCCC(=O)OCc3ccccc3)cc2)c(-c2ccc(F)cc2)n1CC[C@@H]1C[C@H](CC(=O)OC(C)(C)C)OC(C)(C)O1. The maximum Gasteiger partial charge on any atom is 0.308 e. The van der Waals surface area contributed by atoms with Gasteiger partial charge in [-0.2, -0.15) is 0 Å². The molecule has 4 aromatic carbocycles. The number of amides is 1. The van der Waals surface area contributed by atoms with Crippen LogP contribution >= 0.6 is 0 Å². The van der Waals surface area contributed by atoms with Gasteiger partial charge in [0.15, 0.2) is 5.79 Å². The summed E-state index contributed by atoms with van der Waals surface area (Å²) in [5, 5.41) is 3.15. The van der Waals surface area contributed by atoms with Crippen molar-refractivity contribution >= 4 is 23.5 Å². The van der Waals surface area contributed by atoms with E-state index in [0.29, 0.717) is 141 Å². The molecule has 17 heteroatoms. The van der Waals surface area contributed by atoms with Crippen molar-refractivity contribution in [2.24, 2.45) is 0 Å². The van der Waals surface area contributed by atoms with E-state index in [1.807, 2.05) is 120 Å². The van der Waals surface area contributed by atoms with Crippen molar-refractivity contribution < 1.29 is 70.9 Å². The molecule has 1 fully saturated rings. The molecule has 80 heavy (non-hydrogen) atoms. The first-order chi connectivity index (χ1) is 38.5. The lowest BCUT2D eigenvalue weighted by atomic mass is 9.94. The Bertz CT molecular complexity index is 2600. The number of rotatable bonds is 35. The molecule has 5 aromatic rings. The van der Waals surface area contributed by atoms with E-state index in [9.17, 15) is 18.8 Å². The van der Waals surface area contributed by atoms with Crippen LogP contribution in [0.15, 0.2) is 109 Å². The minimum absolute atomic E-state index is 0.0906. The van der Waals surface area contributed by atoms with Gasteiger partial charge in [0.05, 0.1) is 103 Å². The Balaban J connectivity index is 0.943. The van der Waals surface area contributed by atoms with E-state index in [2.05, 4.69) is 23.7 Å². The largest absolute Gasteiger partial charge is 0.491 e. The maximum absolute atomic E-state index is 14.8. The number of nitrogens with one attached hydrogen (secondary N) is 1. The van der Waals surface area contributed by atoms with Gasteiger partial charge < -0.3 is 62.0 Å². The number of benzene rings is 4. The summed E-state index contributed by atoms with van der Waals surface area (Å²) in [7, 11) is 0. The van der Waals surface area contributed by atoms with Crippen molar-refractivity contribution in [1.29, 1.82) is 0 Å². The van der Waals surface area contributed by atoms with E-state index in [1.165, 1.54) is 12.1 Å². The van der Waals surface area contributed by atoms with Gasteiger partial charge in [-0.1, -0.05) is 74.5 Å². The van der Waals surface area contributed by atoms with Gasteiger partial charge in [-0.15, -0.1) is 0 Å². The molecule has 1 saturated heterocycles.